The molecule has 174 valence electrons. The van der Waals surface area contributed by atoms with Gasteiger partial charge in [0.05, 0.1) is 0 Å². The quantitative estimate of drug-likeness (QED) is 0.407. The van der Waals surface area contributed by atoms with Crippen molar-refractivity contribution in [3.63, 3.8) is 0 Å². The SMILES string of the molecule is Cc1cccc(CNc2nc(C)cc(N[C@@H](CC(C)C)C(=O)NCc3cccc(F)c3)n2)c1. The number of rotatable bonds is 10. The maximum absolute atomic E-state index is 13.4. The first-order valence-corrected chi connectivity index (χ1v) is 11.2. The fourth-order valence-electron chi connectivity index (χ4n) is 3.57. The average Bonchev–Trinajstić information content (AvgIpc) is 2.75. The topological polar surface area (TPSA) is 78.9 Å². The van der Waals surface area contributed by atoms with Gasteiger partial charge in [0.25, 0.3) is 0 Å². The molecule has 3 rings (SSSR count). The van der Waals surface area contributed by atoms with E-state index in [1.54, 1.807) is 12.1 Å². The highest BCUT2D eigenvalue weighted by Crippen LogP contribution is 2.16. The van der Waals surface area contributed by atoms with Gasteiger partial charge >= 0.3 is 0 Å². The van der Waals surface area contributed by atoms with E-state index in [9.17, 15) is 9.18 Å². The zero-order valence-electron chi connectivity index (χ0n) is 19.7. The second kappa shape index (κ2) is 11.4. The normalized spacial score (nSPS) is 11.8. The molecule has 1 atom stereocenters. The van der Waals surface area contributed by atoms with E-state index in [1.807, 2.05) is 19.1 Å². The molecule has 1 amide bonds. The van der Waals surface area contributed by atoms with Gasteiger partial charge in [-0.25, -0.2) is 9.37 Å². The highest BCUT2D eigenvalue weighted by atomic mass is 19.1. The number of amides is 1. The van der Waals surface area contributed by atoms with Crippen LogP contribution in [0.1, 0.15) is 42.7 Å². The first-order chi connectivity index (χ1) is 15.8. The van der Waals surface area contributed by atoms with Gasteiger partial charge in [-0.1, -0.05) is 55.8 Å². The molecule has 0 aliphatic carbocycles. The second-order valence-electron chi connectivity index (χ2n) is 8.73. The number of nitrogens with one attached hydrogen (secondary N) is 3. The summed E-state index contributed by atoms with van der Waals surface area (Å²) >= 11 is 0. The van der Waals surface area contributed by atoms with E-state index in [4.69, 9.17) is 0 Å². The molecular weight excluding hydrogens is 417 g/mol. The van der Waals surface area contributed by atoms with E-state index in [-0.39, 0.29) is 18.3 Å². The number of halogens is 1. The second-order valence-corrected chi connectivity index (χ2v) is 8.73. The van der Waals surface area contributed by atoms with Crippen LogP contribution in [0, 0.1) is 25.6 Å². The number of benzene rings is 2. The lowest BCUT2D eigenvalue weighted by atomic mass is 10.0. The van der Waals surface area contributed by atoms with Crippen molar-refractivity contribution in [3.05, 3.63) is 82.8 Å². The van der Waals surface area contributed by atoms with Crippen molar-refractivity contribution < 1.29 is 9.18 Å². The Morgan fingerprint density at radius 2 is 1.70 bits per heavy atom. The van der Waals surface area contributed by atoms with Gasteiger partial charge in [-0.3, -0.25) is 4.79 Å². The van der Waals surface area contributed by atoms with E-state index in [0.717, 1.165) is 11.3 Å². The number of aryl methyl sites for hydroxylation is 2. The Morgan fingerprint density at radius 1 is 0.970 bits per heavy atom. The monoisotopic (exact) mass is 449 g/mol. The number of anilines is 2. The number of aromatic nitrogens is 2. The highest BCUT2D eigenvalue weighted by Gasteiger charge is 2.20. The summed E-state index contributed by atoms with van der Waals surface area (Å²) in [6.07, 6.45) is 0.629. The molecule has 0 fully saturated rings. The molecule has 0 aliphatic rings. The summed E-state index contributed by atoms with van der Waals surface area (Å²) in [5.74, 6) is 0.909. The summed E-state index contributed by atoms with van der Waals surface area (Å²) in [5, 5.41) is 9.44. The third-order valence-corrected chi connectivity index (χ3v) is 5.09. The third-order valence-electron chi connectivity index (χ3n) is 5.09. The van der Waals surface area contributed by atoms with Crippen molar-refractivity contribution in [2.75, 3.05) is 10.6 Å². The van der Waals surface area contributed by atoms with Crippen LogP contribution in [0.2, 0.25) is 0 Å². The van der Waals surface area contributed by atoms with Crippen molar-refractivity contribution in [2.24, 2.45) is 5.92 Å². The molecule has 0 saturated carbocycles. The van der Waals surface area contributed by atoms with E-state index < -0.39 is 6.04 Å². The van der Waals surface area contributed by atoms with Crippen LogP contribution in [-0.2, 0) is 17.9 Å². The molecule has 3 aromatic rings. The van der Waals surface area contributed by atoms with Gasteiger partial charge in [-0.05, 0) is 49.4 Å². The van der Waals surface area contributed by atoms with E-state index >= 15 is 0 Å². The Hall–Kier alpha value is -3.48. The summed E-state index contributed by atoms with van der Waals surface area (Å²) < 4.78 is 13.4. The van der Waals surface area contributed by atoms with E-state index in [1.165, 1.54) is 17.7 Å². The largest absolute Gasteiger partial charge is 0.358 e. The molecule has 0 bridgehead atoms. The van der Waals surface area contributed by atoms with Crippen molar-refractivity contribution in [2.45, 2.75) is 53.2 Å². The van der Waals surface area contributed by atoms with Gasteiger partial charge in [0.1, 0.15) is 17.7 Å². The van der Waals surface area contributed by atoms with Crippen LogP contribution in [0.4, 0.5) is 16.2 Å². The van der Waals surface area contributed by atoms with Gasteiger partial charge in [0.2, 0.25) is 11.9 Å². The number of hydrogen-bond acceptors (Lipinski definition) is 5. The van der Waals surface area contributed by atoms with Crippen molar-refractivity contribution >= 4 is 17.7 Å². The predicted octanol–water partition coefficient (Wildman–Crippen LogP) is 4.99. The molecule has 6 nitrogen and oxygen atoms in total. The van der Waals surface area contributed by atoms with Gasteiger partial charge in [-0.2, -0.15) is 4.98 Å². The zero-order chi connectivity index (χ0) is 23.8. The Labute approximate surface area is 195 Å². The van der Waals surface area contributed by atoms with Gasteiger partial charge in [0.15, 0.2) is 0 Å². The van der Waals surface area contributed by atoms with E-state index in [2.05, 4.69) is 64.9 Å². The van der Waals surface area contributed by atoms with Crippen LogP contribution in [0.5, 0.6) is 0 Å². The van der Waals surface area contributed by atoms with Gasteiger partial charge in [-0.15, -0.1) is 0 Å². The number of nitrogens with zero attached hydrogens (tertiary/aromatic N) is 2. The molecule has 33 heavy (non-hydrogen) atoms. The van der Waals surface area contributed by atoms with Crippen LogP contribution in [-0.4, -0.2) is 21.9 Å². The van der Waals surface area contributed by atoms with Gasteiger partial charge in [0, 0.05) is 24.8 Å². The minimum absolute atomic E-state index is 0.154. The Bertz CT molecular complexity index is 1090. The summed E-state index contributed by atoms with van der Waals surface area (Å²) in [6.45, 7) is 8.95. The smallest absolute Gasteiger partial charge is 0.242 e. The maximum atomic E-state index is 13.4. The van der Waals surface area contributed by atoms with Crippen molar-refractivity contribution in [3.8, 4) is 0 Å². The Morgan fingerprint density at radius 3 is 2.39 bits per heavy atom. The molecule has 0 radical (unpaired) electrons. The molecule has 0 saturated heterocycles. The maximum Gasteiger partial charge on any atom is 0.242 e. The van der Waals surface area contributed by atoms with E-state index in [0.29, 0.717) is 36.2 Å². The highest BCUT2D eigenvalue weighted by molar-refractivity contribution is 5.84. The number of carbonyl (C=O) groups is 1. The summed E-state index contributed by atoms with van der Waals surface area (Å²) in [4.78, 5) is 22.0. The van der Waals surface area contributed by atoms with Crippen LogP contribution in [0.3, 0.4) is 0 Å². The van der Waals surface area contributed by atoms with Gasteiger partial charge < -0.3 is 16.0 Å². The standard InChI is InChI=1S/C26H32FN5O/c1-17(2)11-23(25(33)28-15-21-9-6-10-22(27)14-21)31-24-13-19(4)30-26(32-24)29-16-20-8-5-7-18(3)12-20/h5-10,12-14,17,23H,11,15-16H2,1-4H3,(H,28,33)(H2,29,30,31,32)/t23-/m0/s1. The van der Waals surface area contributed by atoms with Crippen LogP contribution >= 0.6 is 0 Å². The average molecular weight is 450 g/mol. The number of hydrogen-bond donors (Lipinski definition) is 3. The minimum atomic E-state index is -0.475. The van der Waals surface area contributed by atoms with Crippen LogP contribution in [0.15, 0.2) is 54.6 Å². The molecule has 0 unspecified atom stereocenters. The lowest BCUT2D eigenvalue weighted by molar-refractivity contribution is -0.122. The molecule has 3 N–H and O–H groups in total. The molecule has 0 aliphatic heterocycles. The first kappa shape index (κ1) is 24.2. The predicted molar refractivity (Wildman–Crippen MR) is 130 cm³/mol. The fraction of sp³-hybridized carbons (Fsp3) is 0.346. The molecular formula is C26H32FN5O. The van der Waals surface area contributed by atoms with Crippen molar-refractivity contribution in [1.29, 1.82) is 0 Å². The number of carbonyl (C=O) groups excluding carboxylic acids is 1. The summed E-state index contributed by atoms with van der Waals surface area (Å²) in [6, 6.07) is 15.8. The fourth-order valence-corrected chi connectivity index (χ4v) is 3.57. The van der Waals surface area contributed by atoms with Crippen molar-refractivity contribution in [1.82, 2.24) is 15.3 Å². The van der Waals surface area contributed by atoms with Crippen LogP contribution < -0.4 is 16.0 Å². The molecule has 1 aromatic heterocycles. The Balaban J connectivity index is 1.67. The molecule has 7 heteroatoms. The molecule has 2 aromatic carbocycles. The molecule has 1 heterocycles. The molecule has 0 spiro atoms. The summed E-state index contributed by atoms with van der Waals surface area (Å²) in [7, 11) is 0. The summed E-state index contributed by atoms with van der Waals surface area (Å²) in [5.41, 5.74) is 3.85. The lowest BCUT2D eigenvalue weighted by Crippen LogP contribution is -2.40. The lowest BCUT2D eigenvalue weighted by Gasteiger charge is -2.21. The zero-order valence-corrected chi connectivity index (χ0v) is 19.7. The minimum Gasteiger partial charge on any atom is -0.358 e. The Kier molecular flexibility index (Phi) is 8.35. The third kappa shape index (κ3) is 7.86. The van der Waals surface area contributed by atoms with Crippen LogP contribution in [0.25, 0.3) is 0 Å². The first-order valence-electron chi connectivity index (χ1n) is 11.2.